The summed E-state index contributed by atoms with van der Waals surface area (Å²) in [5.41, 5.74) is 4.04. The summed E-state index contributed by atoms with van der Waals surface area (Å²) in [6.45, 7) is 2.85. The summed E-state index contributed by atoms with van der Waals surface area (Å²) in [6, 6.07) is 4.44. The van der Waals surface area contributed by atoms with Crippen molar-refractivity contribution in [2.75, 3.05) is 18.5 Å². The Kier molecular flexibility index (Phi) is 4.63. The zero-order chi connectivity index (χ0) is 13.0. The van der Waals surface area contributed by atoms with E-state index >= 15 is 0 Å². The molecule has 1 aliphatic rings. The van der Waals surface area contributed by atoms with E-state index in [1.54, 1.807) is 13.0 Å². The molecule has 0 bridgehead atoms. The van der Waals surface area contributed by atoms with Crippen LogP contribution in [-0.4, -0.2) is 19.1 Å². The van der Waals surface area contributed by atoms with E-state index in [0.29, 0.717) is 13.2 Å². The second kappa shape index (κ2) is 6.22. The number of carbonyl (C=O) groups excluding carboxylic acids is 1. The van der Waals surface area contributed by atoms with E-state index in [-0.39, 0.29) is 5.97 Å². The third kappa shape index (κ3) is 3.25. The van der Waals surface area contributed by atoms with Crippen LogP contribution in [0.2, 0.25) is 0 Å². The van der Waals surface area contributed by atoms with Crippen molar-refractivity contribution in [2.45, 2.75) is 19.8 Å². The molecule has 1 N–H and O–H groups in total. The number of hydrogen-bond acceptors (Lipinski definition) is 3. The smallest absolute Gasteiger partial charge is 0.330 e. The Bertz CT molecular complexity index is 483. The molecule has 0 amide bonds. The maximum Gasteiger partial charge on any atom is 0.330 e. The topological polar surface area (TPSA) is 38.3 Å². The van der Waals surface area contributed by atoms with Crippen molar-refractivity contribution in [1.82, 2.24) is 0 Å². The molecule has 0 fully saturated rings. The Balaban J connectivity index is 1.87. The van der Waals surface area contributed by atoms with Gasteiger partial charge >= 0.3 is 5.97 Å². The van der Waals surface area contributed by atoms with Crippen LogP contribution >= 0.6 is 22.6 Å². The van der Waals surface area contributed by atoms with Gasteiger partial charge in [-0.25, -0.2) is 4.79 Å². The fourth-order valence-electron chi connectivity index (χ4n) is 1.87. The number of aryl methyl sites for hydroxylation is 2. The van der Waals surface area contributed by atoms with Gasteiger partial charge in [-0.05, 0) is 65.6 Å². The number of rotatable bonds is 5. The molecule has 1 aromatic rings. The molecule has 0 atom stereocenters. The Morgan fingerprint density at radius 3 is 2.83 bits per heavy atom. The maximum atomic E-state index is 11.1. The second-order valence-electron chi connectivity index (χ2n) is 4.14. The van der Waals surface area contributed by atoms with Crippen molar-refractivity contribution in [2.24, 2.45) is 0 Å². The molecule has 2 rings (SSSR count). The van der Waals surface area contributed by atoms with Crippen LogP contribution in [0.5, 0.6) is 0 Å². The van der Waals surface area contributed by atoms with E-state index in [4.69, 9.17) is 4.74 Å². The van der Waals surface area contributed by atoms with E-state index in [2.05, 4.69) is 40.0 Å². The quantitative estimate of drug-likeness (QED) is 0.500. The number of fused-ring (bicyclic) bond motifs is 1. The van der Waals surface area contributed by atoms with Crippen molar-refractivity contribution < 1.29 is 9.53 Å². The first kappa shape index (κ1) is 13.4. The molecular weight excluding hydrogens is 341 g/mol. The highest BCUT2D eigenvalue weighted by atomic mass is 127. The van der Waals surface area contributed by atoms with Crippen LogP contribution in [0.4, 0.5) is 5.69 Å². The van der Waals surface area contributed by atoms with E-state index in [1.165, 1.54) is 33.6 Å². The average molecular weight is 357 g/mol. The van der Waals surface area contributed by atoms with Gasteiger partial charge in [0.05, 0.1) is 6.61 Å². The SMILES string of the molecule is CCOC(=O)/C=C\CNc1cc2c(cc1I)CC2. The van der Waals surface area contributed by atoms with Crippen LogP contribution in [0.15, 0.2) is 24.3 Å². The van der Waals surface area contributed by atoms with Gasteiger partial charge in [0, 0.05) is 21.9 Å². The molecule has 0 saturated heterocycles. The average Bonchev–Trinajstić information content (AvgIpc) is 2.32. The van der Waals surface area contributed by atoms with Gasteiger partial charge < -0.3 is 10.1 Å². The number of benzene rings is 1. The van der Waals surface area contributed by atoms with Gasteiger partial charge in [0.2, 0.25) is 0 Å². The normalized spacial score (nSPS) is 13.0. The van der Waals surface area contributed by atoms with Gasteiger partial charge in [-0.2, -0.15) is 0 Å². The van der Waals surface area contributed by atoms with Gasteiger partial charge in [-0.1, -0.05) is 6.08 Å². The van der Waals surface area contributed by atoms with Crippen molar-refractivity contribution >= 4 is 34.2 Å². The number of esters is 1. The summed E-state index contributed by atoms with van der Waals surface area (Å²) in [4.78, 5) is 11.1. The Hall–Kier alpha value is -1.04. The van der Waals surface area contributed by atoms with Crippen molar-refractivity contribution in [3.8, 4) is 0 Å². The second-order valence-corrected chi connectivity index (χ2v) is 5.30. The van der Waals surface area contributed by atoms with Crippen molar-refractivity contribution in [3.63, 3.8) is 0 Å². The van der Waals surface area contributed by atoms with E-state index in [9.17, 15) is 4.79 Å². The summed E-state index contributed by atoms with van der Waals surface area (Å²) in [5, 5.41) is 3.31. The zero-order valence-electron chi connectivity index (χ0n) is 10.3. The van der Waals surface area contributed by atoms with Crippen LogP contribution in [0, 0.1) is 3.57 Å². The van der Waals surface area contributed by atoms with E-state index < -0.39 is 0 Å². The first-order valence-electron chi connectivity index (χ1n) is 6.09. The summed E-state index contributed by atoms with van der Waals surface area (Å²) in [5.74, 6) is -0.286. The monoisotopic (exact) mass is 357 g/mol. The molecule has 0 saturated carbocycles. The summed E-state index contributed by atoms with van der Waals surface area (Å²) >= 11 is 2.34. The molecule has 0 spiro atoms. The first-order valence-corrected chi connectivity index (χ1v) is 7.17. The molecule has 3 nitrogen and oxygen atoms in total. The molecule has 96 valence electrons. The highest BCUT2D eigenvalue weighted by Crippen LogP contribution is 2.30. The van der Waals surface area contributed by atoms with Gasteiger partial charge in [-0.15, -0.1) is 0 Å². The summed E-state index contributed by atoms with van der Waals surface area (Å²) < 4.78 is 6.04. The lowest BCUT2D eigenvalue weighted by atomic mass is 9.88. The number of carbonyl (C=O) groups is 1. The number of nitrogens with one attached hydrogen (secondary N) is 1. The zero-order valence-corrected chi connectivity index (χ0v) is 12.5. The fraction of sp³-hybridized carbons (Fsp3) is 0.357. The minimum absolute atomic E-state index is 0.286. The largest absolute Gasteiger partial charge is 0.463 e. The first-order chi connectivity index (χ1) is 8.70. The van der Waals surface area contributed by atoms with E-state index in [0.717, 1.165) is 5.69 Å². The van der Waals surface area contributed by atoms with Gasteiger partial charge in [0.15, 0.2) is 0 Å². The predicted octanol–water partition coefficient (Wildman–Crippen LogP) is 2.92. The molecule has 0 aliphatic heterocycles. The Labute approximate surface area is 121 Å². The van der Waals surface area contributed by atoms with Crippen LogP contribution in [0.3, 0.4) is 0 Å². The van der Waals surface area contributed by atoms with Crippen LogP contribution in [0.25, 0.3) is 0 Å². The third-order valence-corrected chi connectivity index (χ3v) is 3.80. The standard InChI is InChI=1S/C14H16INO2/c1-2-18-14(17)4-3-7-16-13-9-11-6-5-10(11)8-12(13)15/h3-4,8-9,16H,2,5-7H2,1H3/b4-3-. The lowest BCUT2D eigenvalue weighted by molar-refractivity contribution is -0.137. The summed E-state index contributed by atoms with van der Waals surface area (Å²) in [6.07, 6.45) is 5.63. The molecule has 4 heteroatoms. The van der Waals surface area contributed by atoms with Crippen LogP contribution in [0.1, 0.15) is 18.1 Å². The van der Waals surface area contributed by atoms with Crippen molar-refractivity contribution in [3.05, 3.63) is 39.0 Å². The third-order valence-electron chi connectivity index (χ3n) is 2.90. The van der Waals surface area contributed by atoms with E-state index in [1.807, 2.05) is 0 Å². The van der Waals surface area contributed by atoms with Gasteiger partial charge in [0.1, 0.15) is 0 Å². The van der Waals surface area contributed by atoms with Gasteiger partial charge in [0.25, 0.3) is 0 Å². The predicted molar refractivity (Wildman–Crippen MR) is 80.8 cm³/mol. The molecular formula is C14H16INO2. The van der Waals surface area contributed by atoms with Crippen LogP contribution in [-0.2, 0) is 22.4 Å². The minimum atomic E-state index is -0.286. The highest BCUT2D eigenvalue weighted by Gasteiger charge is 2.15. The lowest BCUT2D eigenvalue weighted by Gasteiger charge is -2.21. The fourth-order valence-corrected chi connectivity index (χ4v) is 2.59. The molecule has 0 unspecified atom stereocenters. The number of anilines is 1. The number of hydrogen-bond donors (Lipinski definition) is 1. The molecule has 1 aromatic carbocycles. The molecule has 0 radical (unpaired) electrons. The minimum Gasteiger partial charge on any atom is -0.463 e. The molecule has 0 heterocycles. The molecule has 18 heavy (non-hydrogen) atoms. The number of halogens is 1. The maximum absolute atomic E-state index is 11.1. The van der Waals surface area contributed by atoms with Gasteiger partial charge in [-0.3, -0.25) is 0 Å². The molecule has 1 aliphatic carbocycles. The van der Waals surface area contributed by atoms with Crippen molar-refractivity contribution in [1.29, 1.82) is 0 Å². The lowest BCUT2D eigenvalue weighted by Crippen LogP contribution is -2.11. The Morgan fingerprint density at radius 1 is 1.44 bits per heavy atom. The highest BCUT2D eigenvalue weighted by molar-refractivity contribution is 14.1. The number of ether oxygens (including phenoxy) is 1. The summed E-state index contributed by atoms with van der Waals surface area (Å²) in [7, 11) is 0. The Morgan fingerprint density at radius 2 is 2.17 bits per heavy atom. The molecule has 0 aromatic heterocycles. The van der Waals surface area contributed by atoms with Crippen LogP contribution < -0.4 is 5.32 Å².